The molecule has 0 bridgehead atoms. The summed E-state index contributed by atoms with van der Waals surface area (Å²) in [5.41, 5.74) is 1.14. The van der Waals surface area contributed by atoms with Crippen LogP contribution in [0.15, 0.2) is 41.0 Å². The molecule has 1 aromatic carbocycles. The lowest BCUT2D eigenvalue weighted by molar-refractivity contribution is 0.0900. The molecule has 5 nitrogen and oxygen atoms in total. The number of carbonyl (C=O) groups is 1. The van der Waals surface area contributed by atoms with Gasteiger partial charge in [0.2, 0.25) is 0 Å². The summed E-state index contributed by atoms with van der Waals surface area (Å²) in [5, 5.41) is 21.8. The molecule has 0 saturated carbocycles. The van der Waals surface area contributed by atoms with Crippen LogP contribution in [-0.4, -0.2) is 22.7 Å². The molecule has 2 rings (SSSR count). The van der Waals surface area contributed by atoms with E-state index in [9.17, 15) is 15.0 Å². The first-order valence-electron chi connectivity index (χ1n) is 5.86. The topological polar surface area (TPSA) is 82.7 Å². The van der Waals surface area contributed by atoms with Crippen LogP contribution in [0.1, 0.15) is 27.8 Å². The number of amides is 1. The summed E-state index contributed by atoms with van der Waals surface area (Å²) in [7, 11) is 0. The molecule has 0 aliphatic heterocycles. The molecule has 1 heterocycles. The van der Waals surface area contributed by atoms with E-state index in [0.29, 0.717) is 11.3 Å². The van der Waals surface area contributed by atoms with Crippen LogP contribution in [0.5, 0.6) is 5.75 Å². The van der Waals surface area contributed by atoms with Crippen LogP contribution in [0.4, 0.5) is 0 Å². The minimum absolute atomic E-state index is 0.0386. The van der Waals surface area contributed by atoms with Gasteiger partial charge in [0.1, 0.15) is 17.6 Å². The Morgan fingerprint density at radius 1 is 1.42 bits per heavy atom. The predicted octanol–water partition coefficient (Wildman–Crippen LogP) is 1.76. The molecule has 3 N–H and O–H groups in total. The van der Waals surface area contributed by atoms with Crippen molar-refractivity contribution >= 4 is 5.91 Å². The molecule has 0 aliphatic carbocycles. The normalized spacial score (nSPS) is 12.1. The van der Waals surface area contributed by atoms with E-state index in [4.69, 9.17) is 4.42 Å². The van der Waals surface area contributed by atoms with Gasteiger partial charge in [-0.1, -0.05) is 0 Å². The largest absolute Gasteiger partial charge is 0.508 e. The van der Waals surface area contributed by atoms with E-state index < -0.39 is 6.10 Å². The fraction of sp³-hybridized carbons (Fsp3) is 0.214. The highest BCUT2D eigenvalue weighted by atomic mass is 16.4. The molecule has 0 radical (unpaired) electrons. The number of aliphatic hydroxyl groups excluding tert-OH is 1. The van der Waals surface area contributed by atoms with Gasteiger partial charge in [-0.15, -0.1) is 0 Å². The van der Waals surface area contributed by atoms with Crippen molar-refractivity contribution in [1.82, 2.24) is 5.32 Å². The zero-order valence-corrected chi connectivity index (χ0v) is 10.5. The molecule has 2 aromatic rings. The maximum absolute atomic E-state index is 11.9. The van der Waals surface area contributed by atoms with Crippen molar-refractivity contribution in [1.29, 1.82) is 0 Å². The minimum atomic E-state index is -0.891. The van der Waals surface area contributed by atoms with Crippen LogP contribution in [-0.2, 0) is 0 Å². The molecule has 1 aromatic heterocycles. The lowest BCUT2D eigenvalue weighted by Crippen LogP contribution is -2.28. The second kappa shape index (κ2) is 5.58. The summed E-state index contributed by atoms with van der Waals surface area (Å²) in [6.45, 7) is 1.83. The Kier molecular flexibility index (Phi) is 3.87. The van der Waals surface area contributed by atoms with Crippen LogP contribution < -0.4 is 5.32 Å². The van der Waals surface area contributed by atoms with Gasteiger partial charge < -0.3 is 19.9 Å². The second-order valence-electron chi connectivity index (χ2n) is 4.30. The van der Waals surface area contributed by atoms with Crippen LogP contribution in [0.2, 0.25) is 0 Å². The van der Waals surface area contributed by atoms with Crippen molar-refractivity contribution in [2.45, 2.75) is 13.0 Å². The zero-order chi connectivity index (χ0) is 13.8. The van der Waals surface area contributed by atoms with Gasteiger partial charge in [-0.25, -0.2) is 0 Å². The van der Waals surface area contributed by atoms with Crippen molar-refractivity contribution in [2.75, 3.05) is 6.54 Å². The molecule has 1 unspecified atom stereocenters. The number of hydrogen-bond donors (Lipinski definition) is 3. The highest BCUT2D eigenvalue weighted by Crippen LogP contribution is 2.16. The van der Waals surface area contributed by atoms with Crippen molar-refractivity contribution in [3.63, 3.8) is 0 Å². The molecular formula is C14H15NO4. The summed E-state index contributed by atoms with van der Waals surface area (Å²) in [6, 6.07) is 7.90. The maximum Gasteiger partial charge on any atom is 0.251 e. The fourth-order valence-electron chi connectivity index (χ4n) is 1.77. The van der Waals surface area contributed by atoms with Crippen molar-refractivity contribution in [2.24, 2.45) is 0 Å². The summed E-state index contributed by atoms with van der Waals surface area (Å²) in [4.78, 5) is 11.9. The van der Waals surface area contributed by atoms with Gasteiger partial charge in [-0.3, -0.25) is 4.79 Å². The summed E-state index contributed by atoms with van der Waals surface area (Å²) in [6.07, 6.45) is 0.566. The van der Waals surface area contributed by atoms with E-state index in [0.717, 1.165) is 5.56 Å². The third-order valence-electron chi connectivity index (χ3n) is 2.65. The number of aliphatic hydroxyl groups is 1. The van der Waals surface area contributed by atoms with Crippen LogP contribution in [0, 0.1) is 6.92 Å². The fourth-order valence-corrected chi connectivity index (χ4v) is 1.77. The van der Waals surface area contributed by atoms with E-state index in [2.05, 4.69) is 5.32 Å². The first-order chi connectivity index (χ1) is 9.06. The smallest absolute Gasteiger partial charge is 0.251 e. The monoisotopic (exact) mass is 261 g/mol. The Morgan fingerprint density at radius 3 is 2.84 bits per heavy atom. The number of phenols is 1. The Labute approximate surface area is 110 Å². The maximum atomic E-state index is 11.9. The van der Waals surface area contributed by atoms with E-state index in [1.165, 1.54) is 12.3 Å². The molecule has 100 valence electrons. The Bertz CT molecular complexity index is 543. The SMILES string of the molecule is Cc1cc(O)cc(C(=O)NCC(O)c2ccco2)c1. The van der Waals surface area contributed by atoms with Gasteiger partial charge in [0.05, 0.1) is 12.8 Å². The highest BCUT2D eigenvalue weighted by Gasteiger charge is 2.13. The Morgan fingerprint density at radius 2 is 2.21 bits per heavy atom. The molecule has 1 atom stereocenters. The summed E-state index contributed by atoms with van der Waals surface area (Å²) >= 11 is 0. The van der Waals surface area contributed by atoms with Gasteiger partial charge in [0, 0.05) is 5.56 Å². The van der Waals surface area contributed by atoms with E-state index in [1.54, 1.807) is 31.2 Å². The Hall–Kier alpha value is -2.27. The number of aryl methyl sites for hydroxylation is 1. The minimum Gasteiger partial charge on any atom is -0.508 e. The zero-order valence-electron chi connectivity index (χ0n) is 10.5. The third-order valence-corrected chi connectivity index (χ3v) is 2.65. The molecule has 1 amide bonds. The molecule has 0 fully saturated rings. The van der Waals surface area contributed by atoms with Crippen molar-refractivity contribution in [3.8, 4) is 5.75 Å². The van der Waals surface area contributed by atoms with E-state index in [1.807, 2.05) is 0 Å². The second-order valence-corrected chi connectivity index (χ2v) is 4.30. The molecule has 0 spiro atoms. The quantitative estimate of drug-likeness (QED) is 0.783. The summed E-state index contributed by atoms with van der Waals surface area (Å²) in [5.74, 6) is 0.0775. The molecule has 5 heteroatoms. The molecule has 0 saturated heterocycles. The third kappa shape index (κ3) is 3.35. The highest BCUT2D eigenvalue weighted by molar-refractivity contribution is 5.94. The standard InChI is InChI=1S/C14H15NO4/c1-9-5-10(7-11(16)6-9)14(18)15-8-12(17)13-3-2-4-19-13/h2-7,12,16-17H,8H2,1H3,(H,15,18). The average molecular weight is 261 g/mol. The molecular weight excluding hydrogens is 246 g/mol. The van der Waals surface area contributed by atoms with Gasteiger partial charge in [-0.05, 0) is 42.8 Å². The first kappa shape index (κ1) is 13.2. The molecule has 19 heavy (non-hydrogen) atoms. The lowest BCUT2D eigenvalue weighted by Gasteiger charge is -2.10. The van der Waals surface area contributed by atoms with Crippen molar-refractivity contribution in [3.05, 3.63) is 53.5 Å². The number of benzene rings is 1. The molecule has 0 aliphatic rings. The van der Waals surface area contributed by atoms with E-state index >= 15 is 0 Å². The number of hydrogen-bond acceptors (Lipinski definition) is 4. The van der Waals surface area contributed by atoms with Gasteiger partial charge in [0.15, 0.2) is 0 Å². The lowest BCUT2D eigenvalue weighted by atomic mass is 10.1. The number of furan rings is 1. The van der Waals surface area contributed by atoms with Crippen LogP contribution in [0.25, 0.3) is 0 Å². The van der Waals surface area contributed by atoms with Crippen LogP contribution >= 0.6 is 0 Å². The van der Waals surface area contributed by atoms with E-state index in [-0.39, 0.29) is 18.2 Å². The van der Waals surface area contributed by atoms with Gasteiger partial charge in [-0.2, -0.15) is 0 Å². The van der Waals surface area contributed by atoms with Crippen LogP contribution in [0.3, 0.4) is 0 Å². The van der Waals surface area contributed by atoms with Crippen molar-refractivity contribution < 1.29 is 19.4 Å². The number of carbonyl (C=O) groups excluding carboxylic acids is 1. The number of rotatable bonds is 4. The average Bonchev–Trinajstić information content (AvgIpc) is 2.88. The number of aromatic hydroxyl groups is 1. The van der Waals surface area contributed by atoms with Gasteiger partial charge in [0.25, 0.3) is 5.91 Å². The summed E-state index contributed by atoms with van der Waals surface area (Å²) < 4.78 is 5.03. The van der Waals surface area contributed by atoms with Gasteiger partial charge >= 0.3 is 0 Å². The number of nitrogens with one attached hydrogen (secondary N) is 1. The number of phenolic OH excluding ortho intramolecular Hbond substituents is 1. The first-order valence-corrected chi connectivity index (χ1v) is 5.86. The predicted molar refractivity (Wildman–Crippen MR) is 68.8 cm³/mol. The Balaban J connectivity index is 1.98.